The molecule has 3 aliphatic heterocycles. The van der Waals surface area contributed by atoms with E-state index in [9.17, 15) is 19.5 Å². The van der Waals surface area contributed by atoms with Crippen molar-refractivity contribution >= 4 is 29.3 Å². The number of anilines is 2. The Morgan fingerprint density at radius 2 is 2.13 bits per heavy atom. The normalized spacial score (nSPS) is 25.5. The first-order valence-corrected chi connectivity index (χ1v) is 10.5. The van der Waals surface area contributed by atoms with Gasteiger partial charge in [-0.2, -0.15) is 0 Å². The molecular formula is C21H27FN4O5. The lowest BCUT2D eigenvalue weighted by molar-refractivity contribution is -0.137. The van der Waals surface area contributed by atoms with E-state index in [0.29, 0.717) is 31.0 Å². The summed E-state index contributed by atoms with van der Waals surface area (Å²) in [4.78, 5) is 40.4. The van der Waals surface area contributed by atoms with Gasteiger partial charge in [-0.05, 0) is 37.5 Å². The van der Waals surface area contributed by atoms with Crippen LogP contribution in [0.2, 0.25) is 0 Å². The van der Waals surface area contributed by atoms with Crippen molar-refractivity contribution in [3.8, 4) is 0 Å². The molecule has 0 radical (unpaired) electrons. The van der Waals surface area contributed by atoms with E-state index in [1.807, 2.05) is 4.90 Å². The Morgan fingerprint density at radius 1 is 1.32 bits per heavy atom. The maximum atomic E-state index is 15.0. The van der Waals surface area contributed by atoms with Crippen LogP contribution in [0.4, 0.5) is 20.6 Å². The third-order valence-corrected chi connectivity index (χ3v) is 6.40. The van der Waals surface area contributed by atoms with Crippen LogP contribution in [0.25, 0.3) is 0 Å². The smallest absolute Gasteiger partial charge is 0.414 e. The summed E-state index contributed by atoms with van der Waals surface area (Å²) in [6.07, 6.45) is 1.37. The first-order valence-electron chi connectivity index (χ1n) is 10.5. The van der Waals surface area contributed by atoms with Crippen LogP contribution in [0.15, 0.2) is 18.2 Å². The molecule has 3 amide bonds. The molecule has 10 heteroatoms. The number of amides is 3. The molecular weight excluding hydrogens is 407 g/mol. The monoisotopic (exact) mass is 434 g/mol. The Balaban J connectivity index is 1.46. The molecule has 2 atom stereocenters. The number of carbonyl (C=O) groups excluding carboxylic acids is 3. The van der Waals surface area contributed by atoms with Gasteiger partial charge in [0.2, 0.25) is 11.8 Å². The van der Waals surface area contributed by atoms with Crippen LogP contribution in [0.5, 0.6) is 0 Å². The van der Waals surface area contributed by atoms with Gasteiger partial charge in [-0.15, -0.1) is 0 Å². The summed E-state index contributed by atoms with van der Waals surface area (Å²) in [7, 11) is 0. The summed E-state index contributed by atoms with van der Waals surface area (Å²) in [6.45, 7) is 3.04. The molecule has 1 aromatic carbocycles. The number of nitrogens with zero attached hydrogens (tertiary/aromatic N) is 3. The summed E-state index contributed by atoms with van der Waals surface area (Å²) in [5.74, 6) is -0.947. The van der Waals surface area contributed by atoms with Crippen molar-refractivity contribution in [2.75, 3.05) is 49.1 Å². The molecule has 0 saturated carbocycles. The molecule has 0 bridgehead atoms. The third kappa shape index (κ3) is 4.04. The van der Waals surface area contributed by atoms with Crippen LogP contribution >= 0.6 is 0 Å². The van der Waals surface area contributed by atoms with Crippen molar-refractivity contribution in [3.63, 3.8) is 0 Å². The summed E-state index contributed by atoms with van der Waals surface area (Å²) in [5, 5.41) is 11.9. The Bertz CT molecular complexity index is 897. The average molecular weight is 434 g/mol. The number of benzene rings is 1. The Morgan fingerprint density at radius 3 is 2.84 bits per heavy atom. The molecule has 3 saturated heterocycles. The Hall–Kier alpha value is -2.88. The van der Waals surface area contributed by atoms with E-state index in [-0.39, 0.29) is 30.4 Å². The molecule has 168 valence electrons. The number of aliphatic hydroxyl groups is 1. The second kappa shape index (κ2) is 8.33. The molecule has 0 aromatic heterocycles. The van der Waals surface area contributed by atoms with Gasteiger partial charge in [-0.3, -0.25) is 14.5 Å². The molecule has 2 N–H and O–H groups in total. The zero-order valence-corrected chi connectivity index (χ0v) is 17.5. The standard InChI is InChI=1S/C21H27FN4O5/c1-14(28)23-10-16-11-25(20(30)31-16)15-3-4-18(17(22)9-15)24-8-6-21(13-24)5-2-7-26(21)19(29)12-27/h3-4,9,16,27H,2,5-8,10-13H2,1H3,(H,23,28)/t16-,21?/m0/s1. The Labute approximate surface area is 179 Å². The quantitative estimate of drug-likeness (QED) is 0.713. The summed E-state index contributed by atoms with van der Waals surface area (Å²) < 4.78 is 20.3. The minimum absolute atomic E-state index is 0.205. The number of halogens is 1. The van der Waals surface area contributed by atoms with Crippen LogP contribution < -0.4 is 15.1 Å². The fourth-order valence-electron chi connectivity index (χ4n) is 4.92. The van der Waals surface area contributed by atoms with E-state index in [1.54, 1.807) is 17.0 Å². The van der Waals surface area contributed by atoms with Crippen LogP contribution in [-0.2, 0) is 14.3 Å². The second-order valence-electron chi connectivity index (χ2n) is 8.39. The highest BCUT2D eigenvalue weighted by Crippen LogP contribution is 2.40. The molecule has 31 heavy (non-hydrogen) atoms. The van der Waals surface area contributed by atoms with Crippen LogP contribution in [-0.4, -0.2) is 78.9 Å². The number of hydrogen-bond acceptors (Lipinski definition) is 6. The third-order valence-electron chi connectivity index (χ3n) is 6.40. The summed E-state index contributed by atoms with van der Waals surface area (Å²) in [6, 6.07) is 4.63. The van der Waals surface area contributed by atoms with Crippen molar-refractivity contribution in [2.45, 2.75) is 37.8 Å². The lowest BCUT2D eigenvalue weighted by atomic mass is 9.95. The molecule has 1 unspecified atom stereocenters. The molecule has 0 aliphatic carbocycles. The van der Waals surface area contributed by atoms with Crippen molar-refractivity contribution in [2.24, 2.45) is 0 Å². The number of carbonyl (C=O) groups is 3. The van der Waals surface area contributed by atoms with Gasteiger partial charge in [0.1, 0.15) is 18.5 Å². The van der Waals surface area contributed by atoms with Crippen molar-refractivity contribution in [3.05, 3.63) is 24.0 Å². The summed E-state index contributed by atoms with van der Waals surface area (Å²) >= 11 is 0. The van der Waals surface area contributed by atoms with Crippen LogP contribution in [0, 0.1) is 5.82 Å². The maximum Gasteiger partial charge on any atom is 0.414 e. The highest BCUT2D eigenvalue weighted by atomic mass is 19.1. The molecule has 3 fully saturated rings. The maximum absolute atomic E-state index is 15.0. The topological polar surface area (TPSA) is 102 Å². The first-order chi connectivity index (χ1) is 14.8. The number of ether oxygens (including phenoxy) is 1. The minimum atomic E-state index is -0.577. The highest BCUT2D eigenvalue weighted by molar-refractivity contribution is 5.90. The van der Waals surface area contributed by atoms with Gasteiger partial charge in [0.05, 0.1) is 30.0 Å². The SMILES string of the molecule is CC(=O)NC[C@H]1CN(c2ccc(N3CCC4(CCCN4C(=O)CO)C3)c(F)c2)C(=O)O1. The van der Waals surface area contributed by atoms with E-state index in [2.05, 4.69) is 5.32 Å². The molecule has 9 nitrogen and oxygen atoms in total. The van der Waals surface area contributed by atoms with Gasteiger partial charge < -0.3 is 25.0 Å². The van der Waals surface area contributed by atoms with Gasteiger partial charge in [0.25, 0.3) is 0 Å². The molecule has 1 spiro atoms. The second-order valence-corrected chi connectivity index (χ2v) is 8.39. The number of aliphatic hydroxyl groups excluding tert-OH is 1. The molecule has 4 rings (SSSR count). The zero-order chi connectivity index (χ0) is 22.2. The highest BCUT2D eigenvalue weighted by Gasteiger charge is 2.48. The van der Waals surface area contributed by atoms with E-state index in [4.69, 9.17) is 4.74 Å². The van der Waals surface area contributed by atoms with Crippen molar-refractivity contribution < 1.29 is 28.6 Å². The van der Waals surface area contributed by atoms with Crippen LogP contribution in [0.1, 0.15) is 26.2 Å². The zero-order valence-electron chi connectivity index (χ0n) is 17.5. The number of hydrogen-bond donors (Lipinski definition) is 2. The van der Waals surface area contributed by atoms with Gasteiger partial charge in [0.15, 0.2) is 0 Å². The lowest BCUT2D eigenvalue weighted by Crippen LogP contribution is -2.50. The Kier molecular flexibility index (Phi) is 5.74. The number of nitrogens with one attached hydrogen (secondary N) is 1. The van der Waals surface area contributed by atoms with E-state index in [0.717, 1.165) is 19.3 Å². The predicted molar refractivity (Wildman–Crippen MR) is 110 cm³/mol. The largest absolute Gasteiger partial charge is 0.442 e. The van der Waals surface area contributed by atoms with Gasteiger partial charge >= 0.3 is 6.09 Å². The van der Waals surface area contributed by atoms with Gasteiger partial charge in [0, 0.05) is 26.6 Å². The fourth-order valence-corrected chi connectivity index (χ4v) is 4.92. The molecule has 1 aromatic rings. The van der Waals surface area contributed by atoms with Crippen molar-refractivity contribution in [1.29, 1.82) is 0 Å². The number of likely N-dealkylation sites (tertiary alicyclic amines) is 1. The van der Waals surface area contributed by atoms with Gasteiger partial charge in [-0.25, -0.2) is 9.18 Å². The minimum Gasteiger partial charge on any atom is -0.442 e. The van der Waals surface area contributed by atoms with E-state index < -0.39 is 24.6 Å². The van der Waals surface area contributed by atoms with Crippen molar-refractivity contribution in [1.82, 2.24) is 10.2 Å². The average Bonchev–Trinajstić information content (AvgIpc) is 3.45. The fraction of sp³-hybridized carbons (Fsp3) is 0.571. The van der Waals surface area contributed by atoms with E-state index >= 15 is 4.39 Å². The number of cyclic esters (lactones) is 1. The van der Waals surface area contributed by atoms with Crippen LogP contribution in [0.3, 0.4) is 0 Å². The van der Waals surface area contributed by atoms with E-state index in [1.165, 1.54) is 17.9 Å². The summed E-state index contributed by atoms with van der Waals surface area (Å²) in [5.41, 5.74) is 0.454. The molecule has 3 aliphatic rings. The predicted octanol–water partition coefficient (Wildman–Crippen LogP) is 0.851. The molecule has 3 heterocycles. The lowest BCUT2D eigenvalue weighted by Gasteiger charge is -2.35. The number of rotatable bonds is 5. The van der Waals surface area contributed by atoms with Gasteiger partial charge in [-0.1, -0.05) is 0 Å². The first kappa shape index (κ1) is 21.4.